The van der Waals surface area contributed by atoms with E-state index >= 15 is 0 Å². The molecule has 10 heteroatoms. The number of carbonyl (C=O) groups is 1. The standard InChI is InChI=1S/C9H14ClN5O3S/c10-7-4-6(5-8(14-7)15-11)9(16)13-2-1-3-19(12,17)18/h4-5H,1-3,11H2,(H,13,16)(H,14,15)(H2,12,17,18). The average Bonchev–Trinajstić information content (AvgIpc) is 2.32. The molecule has 0 radical (unpaired) electrons. The van der Waals surface area contributed by atoms with Crippen LogP contribution in [0.25, 0.3) is 0 Å². The van der Waals surface area contributed by atoms with Gasteiger partial charge in [0.15, 0.2) is 0 Å². The van der Waals surface area contributed by atoms with Crippen LogP contribution in [0.5, 0.6) is 0 Å². The largest absolute Gasteiger partial charge is 0.352 e. The first kappa shape index (κ1) is 15.6. The summed E-state index contributed by atoms with van der Waals surface area (Å²) in [6.07, 6.45) is 0.228. The number of rotatable bonds is 6. The number of pyridine rings is 1. The number of sulfonamides is 1. The Hall–Kier alpha value is -1.42. The molecule has 19 heavy (non-hydrogen) atoms. The fourth-order valence-corrected chi connectivity index (χ4v) is 2.03. The molecule has 1 heterocycles. The van der Waals surface area contributed by atoms with Crippen LogP contribution >= 0.6 is 11.6 Å². The van der Waals surface area contributed by atoms with E-state index in [-0.39, 0.29) is 35.3 Å². The first-order valence-electron chi connectivity index (χ1n) is 5.24. The highest BCUT2D eigenvalue weighted by molar-refractivity contribution is 7.89. The SMILES string of the molecule is NNc1cc(C(=O)NCCCS(N)(=O)=O)cc(Cl)n1. The van der Waals surface area contributed by atoms with Gasteiger partial charge in [0.1, 0.15) is 11.0 Å². The van der Waals surface area contributed by atoms with Crippen molar-refractivity contribution < 1.29 is 13.2 Å². The quantitative estimate of drug-likeness (QED) is 0.240. The van der Waals surface area contributed by atoms with Crippen molar-refractivity contribution in [2.24, 2.45) is 11.0 Å². The van der Waals surface area contributed by atoms with Gasteiger partial charge in [0.2, 0.25) is 10.0 Å². The number of nitrogens with one attached hydrogen (secondary N) is 2. The van der Waals surface area contributed by atoms with Gasteiger partial charge in [-0.2, -0.15) is 0 Å². The number of halogens is 1. The monoisotopic (exact) mass is 307 g/mol. The van der Waals surface area contributed by atoms with Crippen LogP contribution in [0.2, 0.25) is 5.15 Å². The van der Waals surface area contributed by atoms with Gasteiger partial charge in [-0.1, -0.05) is 11.6 Å². The smallest absolute Gasteiger partial charge is 0.251 e. The van der Waals surface area contributed by atoms with Crippen molar-refractivity contribution in [3.05, 3.63) is 22.8 Å². The van der Waals surface area contributed by atoms with Crippen molar-refractivity contribution in [3.63, 3.8) is 0 Å². The van der Waals surface area contributed by atoms with Crippen molar-refractivity contribution in [2.75, 3.05) is 17.7 Å². The summed E-state index contributed by atoms with van der Waals surface area (Å²) >= 11 is 5.71. The fraction of sp³-hybridized carbons (Fsp3) is 0.333. The van der Waals surface area contributed by atoms with E-state index in [0.717, 1.165) is 0 Å². The van der Waals surface area contributed by atoms with Crippen LogP contribution in [-0.4, -0.2) is 31.6 Å². The molecule has 0 unspecified atom stereocenters. The van der Waals surface area contributed by atoms with Crippen molar-refractivity contribution in [2.45, 2.75) is 6.42 Å². The molecule has 1 rings (SSSR count). The maximum atomic E-state index is 11.7. The van der Waals surface area contributed by atoms with E-state index in [1.807, 2.05) is 0 Å². The topological polar surface area (TPSA) is 140 Å². The molecular weight excluding hydrogens is 294 g/mol. The molecule has 0 saturated heterocycles. The van der Waals surface area contributed by atoms with Crippen molar-refractivity contribution in [1.82, 2.24) is 10.3 Å². The predicted octanol–water partition coefficient (Wildman–Crippen LogP) is -0.571. The lowest BCUT2D eigenvalue weighted by Crippen LogP contribution is -2.27. The van der Waals surface area contributed by atoms with Gasteiger partial charge in [0.05, 0.1) is 5.75 Å². The highest BCUT2D eigenvalue weighted by Gasteiger charge is 2.09. The van der Waals surface area contributed by atoms with E-state index in [2.05, 4.69) is 15.7 Å². The molecular formula is C9H14ClN5O3S. The molecule has 0 aliphatic heterocycles. The summed E-state index contributed by atoms with van der Waals surface area (Å²) in [6, 6.07) is 2.79. The molecule has 0 bridgehead atoms. The van der Waals surface area contributed by atoms with Crippen LogP contribution < -0.4 is 21.7 Å². The minimum atomic E-state index is -3.51. The minimum absolute atomic E-state index is 0.116. The molecule has 106 valence electrons. The summed E-state index contributed by atoms with van der Waals surface area (Å²) in [4.78, 5) is 15.6. The third-order valence-electron chi connectivity index (χ3n) is 2.10. The molecule has 0 spiro atoms. The molecule has 0 aliphatic rings. The number of hydrazine groups is 1. The number of primary sulfonamides is 1. The normalized spacial score (nSPS) is 11.1. The lowest BCUT2D eigenvalue weighted by molar-refractivity contribution is 0.0953. The van der Waals surface area contributed by atoms with Crippen LogP contribution in [-0.2, 0) is 10.0 Å². The summed E-state index contributed by atoms with van der Waals surface area (Å²) in [6.45, 7) is 0.181. The maximum Gasteiger partial charge on any atom is 0.251 e. The van der Waals surface area contributed by atoms with E-state index < -0.39 is 15.9 Å². The van der Waals surface area contributed by atoms with Gasteiger partial charge in [0.25, 0.3) is 5.91 Å². The zero-order valence-electron chi connectivity index (χ0n) is 9.89. The number of aromatic nitrogens is 1. The third-order valence-corrected chi connectivity index (χ3v) is 3.15. The van der Waals surface area contributed by atoms with Crippen LogP contribution in [0, 0.1) is 0 Å². The van der Waals surface area contributed by atoms with E-state index in [9.17, 15) is 13.2 Å². The highest BCUT2D eigenvalue weighted by Crippen LogP contribution is 2.13. The number of hydrogen-bond donors (Lipinski definition) is 4. The first-order chi connectivity index (χ1) is 8.81. The van der Waals surface area contributed by atoms with Gasteiger partial charge in [-0.05, 0) is 18.6 Å². The van der Waals surface area contributed by atoms with E-state index in [0.29, 0.717) is 0 Å². The summed E-state index contributed by atoms with van der Waals surface area (Å²) in [5.41, 5.74) is 2.55. The molecule has 6 N–H and O–H groups in total. The Kier molecular flexibility index (Phi) is 5.48. The van der Waals surface area contributed by atoms with Gasteiger partial charge in [0, 0.05) is 12.1 Å². The summed E-state index contributed by atoms with van der Waals surface area (Å²) < 4.78 is 21.4. The van der Waals surface area contributed by atoms with Crippen LogP contribution in [0.15, 0.2) is 12.1 Å². The van der Waals surface area contributed by atoms with Crippen LogP contribution in [0.4, 0.5) is 5.82 Å². The third kappa shape index (κ3) is 5.83. The Labute approximate surface area is 115 Å². The van der Waals surface area contributed by atoms with Gasteiger partial charge >= 0.3 is 0 Å². The lowest BCUT2D eigenvalue weighted by Gasteiger charge is -2.06. The van der Waals surface area contributed by atoms with E-state index in [4.69, 9.17) is 22.6 Å². The van der Waals surface area contributed by atoms with Gasteiger partial charge in [-0.25, -0.2) is 24.4 Å². The predicted molar refractivity (Wildman–Crippen MR) is 72.0 cm³/mol. The van der Waals surface area contributed by atoms with Gasteiger partial charge < -0.3 is 10.7 Å². The number of carbonyl (C=O) groups excluding carboxylic acids is 1. The molecule has 1 aromatic heterocycles. The van der Waals surface area contributed by atoms with Crippen LogP contribution in [0.1, 0.15) is 16.8 Å². The molecule has 1 amide bonds. The Morgan fingerprint density at radius 2 is 2.11 bits per heavy atom. The molecule has 0 aliphatic carbocycles. The van der Waals surface area contributed by atoms with Gasteiger partial charge in [-0.3, -0.25) is 4.79 Å². The molecule has 0 aromatic carbocycles. The number of nitrogen functional groups attached to an aromatic ring is 1. The number of nitrogens with zero attached hydrogens (tertiary/aromatic N) is 1. The minimum Gasteiger partial charge on any atom is -0.352 e. The first-order valence-corrected chi connectivity index (χ1v) is 7.34. The number of anilines is 1. The second kappa shape index (κ2) is 6.66. The zero-order chi connectivity index (χ0) is 14.5. The summed E-state index contributed by atoms with van der Waals surface area (Å²) in [5, 5.41) is 7.48. The Balaban J connectivity index is 2.56. The number of hydrogen-bond acceptors (Lipinski definition) is 6. The van der Waals surface area contributed by atoms with E-state index in [1.165, 1.54) is 12.1 Å². The average molecular weight is 308 g/mol. The Morgan fingerprint density at radius 3 is 2.68 bits per heavy atom. The second-order valence-electron chi connectivity index (χ2n) is 3.68. The zero-order valence-corrected chi connectivity index (χ0v) is 11.5. The fourth-order valence-electron chi connectivity index (χ4n) is 1.28. The molecule has 0 fully saturated rings. The highest BCUT2D eigenvalue weighted by atomic mass is 35.5. The summed E-state index contributed by atoms with van der Waals surface area (Å²) in [7, 11) is -3.51. The van der Waals surface area contributed by atoms with Crippen molar-refractivity contribution in [3.8, 4) is 0 Å². The Morgan fingerprint density at radius 1 is 1.42 bits per heavy atom. The van der Waals surface area contributed by atoms with Crippen molar-refractivity contribution in [1.29, 1.82) is 0 Å². The van der Waals surface area contributed by atoms with E-state index in [1.54, 1.807) is 0 Å². The lowest BCUT2D eigenvalue weighted by atomic mass is 10.2. The Bertz CT molecular complexity index is 563. The number of nitrogens with two attached hydrogens (primary N) is 2. The number of amides is 1. The maximum absolute atomic E-state index is 11.7. The summed E-state index contributed by atoms with van der Waals surface area (Å²) in [5.74, 6) is 4.82. The van der Waals surface area contributed by atoms with Crippen LogP contribution in [0.3, 0.4) is 0 Å². The molecule has 0 saturated carbocycles. The molecule has 1 aromatic rings. The molecule has 8 nitrogen and oxygen atoms in total. The van der Waals surface area contributed by atoms with Crippen molar-refractivity contribution >= 4 is 33.3 Å². The molecule has 0 atom stereocenters. The van der Waals surface area contributed by atoms with Gasteiger partial charge in [-0.15, -0.1) is 0 Å². The second-order valence-corrected chi connectivity index (χ2v) is 5.81.